The van der Waals surface area contributed by atoms with Crippen LogP contribution in [0, 0.1) is 5.92 Å². The van der Waals surface area contributed by atoms with Crippen LogP contribution in [0.2, 0.25) is 0 Å². The van der Waals surface area contributed by atoms with Crippen molar-refractivity contribution in [1.29, 1.82) is 0 Å². The summed E-state index contributed by atoms with van der Waals surface area (Å²) in [5.74, 6) is 0.385. The van der Waals surface area contributed by atoms with Gasteiger partial charge in [-0.15, -0.1) is 0 Å². The van der Waals surface area contributed by atoms with Crippen LogP contribution < -0.4 is 4.72 Å². The second-order valence-electron chi connectivity index (χ2n) is 4.94. The van der Waals surface area contributed by atoms with Gasteiger partial charge < -0.3 is 0 Å². The Kier molecular flexibility index (Phi) is 5.59. The van der Waals surface area contributed by atoms with E-state index in [-0.39, 0.29) is 17.5 Å². The van der Waals surface area contributed by atoms with E-state index >= 15 is 0 Å². The normalized spacial score (nSPS) is 20.1. The van der Waals surface area contributed by atoms with Crippen LogP contribution in [0.15, 0.2) is 0 Å². The first-order chi connectivity index (χ1) is 7.94. The highest BCUT2D eigenvalue weighted by molar-refractivity contribution is 7.89. The molecule has 1 N–H and O–H groups in total. The zero-order chi connectivity index (χ0) is 12.9. The van der Waals surface area contributed by atoms with E-state index in [2.05, 4.69) is 4.72 Å². The second-order valence-corrected chi connectivity index (χ2v) is 6.74. The number of nitrogens with one attached hydrogen (secondary N) is 1. The SMILES string of the molecule is CCC(=O)C(C)NS(=O)(=O)CC1CCCCC1. The summed E-state index contributed by atoms with van der Waals surface area (Å²) in [6, 6.07) is -0.589. The van der Waals surface area contributed by atoms with E-state index in [0.717, 1.165) is 25.7 Å². The van der Waals surface area contributed by atoms with Crippen LogP contribution >= 0.6 is 0 Å². The van der Waals surface area contributed by atoms with Gasteiger partial charge in [0.15, 0.2) is 0 Å². The summed E-state index contributed by atoms with van der Waals surface area (Å²) in [6.45, 7) is 3.36. The Labute approximate surface area is 104 Å². The van der Waals surface area contributed by atoms with Crippen molar-refractivity contribution in [1.82, 2.24) is 4.72 Å². The predicted octanol–water partition coefficient (Wildman–Crippen LogP) is 1.85. The Hall–Kier alpha value is -0.420. The number of hydrogen-bond donors (Lipinski definition) is 1. The van der Waals surface area contributed by atoms with Crippen molar-refractivity contribution in [2.45, 2.75) is 58.4 Å². The molecule has 0 bridgehead atoms. The zero-order valence-corrected chi connectivity index (χ0v) is 11.6. The molecular formula is C12H23NO3S. The predicted molar refractivity (Wildman–Crippen MR) is 68.3 cm³/mol. The van der Waals surface area contributed by atoms with E-state index in [9.17, 15) is 13.2 Å². The fourth-order valence-corrected chi connectivity index (χ4v) is 4.07. The molecule has 0 aromatic heterocycles. The summed E-state index contributed by atoms with van der Waals surface area (Å²) >= 11 is 0. The summed E-state index contributed by atoms with van der Waals surface area (Å²) < 4.78 is 26.2. The highest BCUT2D eigenvalue weighted by Crippen LogP contribution is 2.24. The minimum Gasteiger partial charge on any atom is -0.298 e. The van der Waals surface area contributed by atoms with Crippen molar-refractivity contribution in [3.05, 3.63) is 0 Å². The smallest absolute Gasteiger partial charge is 0.212 e. The number of rotatable bonds is 6. The number of Topliss-reactive ketones (excluding diaryl/α,β-unsaturated/α-hetero) is 1. The lowest BCUT2D eigenvalue weighted by Gasteiger charge is -2.22. The van der Waals surface area contributed by atoms with Crippen LogP contribution in [0.4, 0.5) is 0 Å². The Bertz CT molecular complexity index is 345. The highest BCUT2D eigenvalue weighted by Gasteiger charge is 2.24. The van der Waals surface area contributed by atoms with Gasteiger partial charge in [-0.3, -0.25) is 4.79 Å². The molecule has 0 aromatic rings. The lowest BCUT2D eigenvalue weighted by atomic mass is 9.91. The molecule has 0 heterocycles. The molecule has 1 unspecified atom stereocenters. The van der Waals surface area contributed by atoms with Gasteiger partial charge in [0.25, 0.3) is 0 Å². The van der Waals surface area contributed by atoms with Gasteiger partial charge in [-0.2, -0.15) is 0 Å². The Morgan fingerprint density at radius 1 is 1.29 bits per heavy atom. The Morgan fingerprint density at radius 3 is 2.41 bits per heavy atom. The summed E-state index contributed by atoms with van der Waals surface area (Å²) in [4.78, 5) is 11.4. The Balaban J connectivity index is 2.47. The maximum Gasteiger partial charge on any atom is 0.212 e. The van der Waals surface area contributed by atoms with Gasteiger partial charge in [0.1, 0.15) is 5.78 Å². The molecule has 17 heavy (non-hydrogen) atoms. The molecule has 0 radical (unpaired) electrons. The minimum absolute atomic E-state index is 0.0581. The molecule has 0 amide bonds. The van der Waals surface area contributed by atoms with E-state index < -0.39 is 16.1 Å². The maximum atomic E-state index is 11.9. The van der Waals surface area contributed by atoms with E-state index in [1.54, 1.807) is 13.8 Å². The topological polar surface area (TPSA) is 63.2 Å². The third-order valence-electron chi connectivity index (χ3n) is 3.37. The van der Waals surface area contributed by atoms with Crippen molar-refractivity contribution in [3.63, 3.8) is 0 Å². The summed E-state index contributed by atoms with van der Waals surface area (Å²) in [6.07, 6.45) is 5.84. The largest absolute Gasteiger partial charge is 0.298 e. The molecule has 1 atom stereocenters. The zero-order valence-electron chi connectivity index (χ0n) is 10.7. The monoisotopic (exact) mass is 261 g/mol. The van der Waals surface area contributed by atoms with E-state index in [0.29, 0.717) is 6.42 Å². The summed E-state index contributed by atoms with van der Waals surface area (Å²) in [5, 5.41) is 0. The van der Waals surface area contributed by atoms with Gasteiger partial charge in [-0.05, 0) is 25.7 Å². The number of hydrogen-bond acceptors (Lipinski definition) is 3. The average molecular weight is 261 g/mol. The second kappa shape index (κ2) is 6.50. The van der Waals surface area contributed by atoms with E-state index in [1.807, 2.05) is 0 Å². The average Bonchev–Trinajstić information content (AvgIpc) is 2.27. The molecule has 100 valence electrons. The third-order valence-corrected chi connectivity index (χ3v) is 4.99. The molecule has 0 saturated heterocycles. The number of sulfonamides is 1. The molecule has 4 nitrogen and oxygen atoms in total. The first-order valence-corrected chi connectivity index (χ1v) is 8.12. The molecule has 1 saturated carbocycles. The van der Waals surface area contributed by atoms with Crippen molar-refractivity contribution < 1.29 is 13.2 Å². The summed E-state index contributed by atoms with van der Waals surface area (Å²) in [5.41, 5.74) is 0. The van der Waals surface area contributed by atoms with Crippen molar-refractivity contribution in [2.75, 3.05) is 5.75 Å². The first-order valence-electron chi connectivity index (χ1n) is 6.47. The van der Waals surface area contributed by atoms with Crippen LogP contribution in [0.25, 0.3) is 0 Å². The van der Waals surface area contributed by atoms with E-state index in [1.165, 1.54) is 6.42 Å². The molecule has 5 heteroatoms. The number of ketones is 1. The molecule has 0 spiro atoms. The molecule has 1 aliphatic carbocycles. The molecule has 0 aromatic carbocycles. The third kappa shape index (κ3) is 5.17. The summed E-state index contributed by atoms with van der Waals surface area (Å²) in [7, 11) is -3.31. The number of carbonyl (C=O) groups is 1. The minimum atomic E-state index is -3.31. The van der Waals surface area contributed by atoms with Crippen LogP contribution in [0.3, 0.4) is 0 Å². The lowest BCUT2D eigenvalue weighted by molar-refractivity contribution is -0.119. The lowest BCUT2D eigenvalue weighted by Crippen LogP contribution is -2.40. The first kappa shape index (κ1) is 14.6. The van der Waals surface area contributed by atoms with Crippen molar-refractivity contribution >= 4 is 15.8 Å². The van der Waals surface area contributed by atoms with Crippen molar-refractivity contribution in [2.24, 2.45) is 5.92 Å². The Morgan fingerprint density at radius 2 is 1.88 bits per heavy atom. The van der Waals surface area contributed by atoms with Gasteiger partial charge in [-0.25, -0.2) is 13.1 Å². The standard InChI is InChI=1S/C12H23NO3S/c1-3-12(14)10(2)13-17(15,16)9-11-7-5-4-6-8-11/h10-11,13H,3-9H2,1-2H3. The van der Waals surface area contributed by atoms with Crippen LogP contribution in [-0.4, -0.2) is 26.0 Å². The van der Waals surface area contributed by atoms with Gasteiger partial charge in [-0.1, -0.05) is 26.2 Å². The molecule has 1 fully saturated rings. The van der Waals surface area contributed by atoms with Gasteiger partial charge in [0.05, 0.1) is 11.8 Å². The number of carbonyl (C=O) groups excluding carboxylic acids is 1. The molecule has 1 aliphatic rings. The molecule has 0 aliphatic heterocycles. The fraction of sp³-hybridized carbons (Fsp3) is 0.917. The van der Waals surface area contributed by atoms with Gasteiger partial charge >= 0.3 is 0 Å². The van der Waals surface area contributed by atoms with Gasteiger partial charge in [0, 0.05) is 6.42 Å². The van der Waals surface area contributed by atoms with Crippen LogP contribution in [0.1, 0.15) is 52.4 Å². The highest BCUT2D eigenvalue weighted by atomic mass is 32.2. The quantitative estimate of drug-likeness (QED) is 0.793. The van der Waals surface area contributed by atoms with Crippen molar-refractivity contribution in [3.8, 4) is 0 Å². The molecule has 1 rings (SSSR count). The van der Waals surface area contributed by atoms with Crippen LogP contribution in [-0.2, 0) is 14.8 Å². The molecular weight excluding hydrogens is 238 g/mol. The fourth-order valence-electron chi connectivity index (χ4n) is 2.35. The maximum absolute atomic E-state index is 11.9. The van der Waals surface area contributed by atoms with E-state index in [4.69, 9.17) is 0 Å². The van der Waals surface area contributed by atoms with Gasteiger partial charge in [0.2, 0.25) is 10.0 Å². The van der Waals surface area contributed by atoms with Crippen LogP contribution in [0.5, 0.6) is 0 Å².